The van der Waals surface area contributed by atoms with E-state index in [4.69, 9.17) is 9.73 Å². The lowest BCUT2D eigenvalue weighted by molar-refractivity contribution is -0.135. The van der Waals surface area contributed by atoms with Crippen molar-refractivity contribution in [3.63, 3.8) is 0 Å². The van der Waals surface area contributed by atoms with Gasteiger partial charge in [-0.3, -0.25) is 4.79 Å². The van der Waals surface area contributed by atoms with E-state index in [1.807, 2.05) is 13.0 Å². The number of hydrogen-bond donors (Lipinski definition) is 2. The van der Waals surface area contributed by atoms with Gasteiger partial charge in [-0.15, -0.1) is 0 Å². The maximum atomic E-state index is 12.8. The minimum Gasteiger partial charge on any atom is -0.494 e. The second-order valence-corrected chi connectivity index (χ2v) is 8.48. The SMILES string of the molecule is CCNC(=NCc1ccc(OCC)c(C)c1)NC1CCN(C(=O)C2CCCCC2)C1. The van der Waals surface area contributed by atoms with Crippen LogP contribution in [0.3, 0.4) is 0 Å². The highest BCUT2D eigenvalue weighted by Gasteiger charge is 2.31. The zero-order chi connectivity index (χ0) is 21.3. The molecule has 1 unspecified atom stereocenters. The quantitative estimate of drug-likeness (QED) is 0.528. The molecule has 0 aromatic heterocycles. The van der Waals surface area contributed by atoms with Crippen molar-refractivity contribution in [1.29, 1.82) is 0 Å². The predicted octanol–water partition coefficient (Wildman–Crippen LogP) is 3.63. The number of guanidine groups is 1. The molecular weight excluding hydrogens is 376 g/mol. The summed E-state index contributed by atoms with van der Waals surface area (Å²) in [7, 11) is 0. The smallest absolute Gasteiger partial charge is 0.225 e. The molecule has 0 spiro atoms. The number of aliphatic imine (C=N–C) groups is 1. The molecule has 1 heterocycles. The van der Waals surface area contributed by atoms with E-state index in [0.29, 0.717) is 19.1 Å². The Hall–Kier alpha value is -2.24. The molecule has 166 valence electrons. The number of carbonyl (C=O) groups is 1. The number of amides is 1. The van der Waals surface area contributed by atoms with Gasteiger partial charge in [-0.25, -0.2) is 4.99 Å². The fourth-order valence-corrected chi connectivity index (χ4v) is 4.50. The molecule has 2 N–H and O–H groups in total. The first kappa shape index (κ1) is 22.4. The Morgan fingerprint density at radius 2 is 2.00 bits per heavy atom. The molecule has 1 aromatic rings. The summed E-state index contributed by atoms with van der Waals surface area (Å²) in [5.74, 6) is 2.37. The van der Waals surface area contributed by atoms with Gasteiger partial charge in [-0.1, -0.05) is 31.4 Å². The molecule has 1 aromatic carbocycles. The topological polar surface area (TPSA) is 66.0 Å². The third kappa shape index (κ3) is 6.13. The molecule has 1 amide bonds. The maximum Gasteiger partial charge on any atom is 0.225 e. The molecule has 1 aliphatic carbocycles. The van der Waals surface area contributed by atoms with Crippen molar-refractivity contribution in [3.8, 4) is 5.75 Å². The number of ether oxygens (including phenoxy) is 1. The number of benzene rings is 1. The molecule has 1 aliphatic heterocycles. The standard InChI is InChI=1S/C24H38N4O2/c1-4-25-24(26-16-19-11-12-22(30-5-2)18(3)15-19)27-21-13-14-28(17-21)23(29)20-9-7-6-8-10-20/h11-12,15,20-21H,4-10,13-14,16-17H2,1-3H3,(H2,25,26,27). The van der Waals surface area contributed by atoms with E-state index in [0.717, 1.165) is 61.7 Å². The Labute approximate surface area is 181 Å². The van der Waals surface area contributed by atoms with Gasteiger partial charge in [0.2, 0.25) is 5.91 Å². The number of carbonyl (C=O) groups excluding carboxylic acids is 1. The summed E-state index contributed by atoms with van der Waals surface area (Å²) in [6.07, 6.45) is 6.80. The van der Waals surface area contributed by atoms with Gasteiger partial charge in [0, 0.05) is 31.6 Å². The van der Waals surface area contributed by atoms with Gasteiger partial charge in [-0.2, -0.15) is 0 Å². The minimum atomic E-state index is 0.252. The lowest BCUT2D eigenvalue weighted by Crippen LogP contribution is -2.45. The lowest BCUT2D eigenvalue weighted by Gasteiger charge is -2.26. The van der Waals surface area contributed by atoms with Crippen LogP contribution < -0.4 is 15.4 Å². The van der Waals surface area contributed by atoms with Gasteiger partial charge in [-0.05, 0) is 57.2 Å². The molecule has 6 nitrogen and oxygen atoms in total. The van der Waals surface area contributed by atoms with E-state index >= 15 is 0 Å². The van der Waals surface area contributed by atoms with Gasteiger partial charge in [0.25, 0.3) is 0 Å². The molecule has 1 saturated heterocycles. The maximum absolute atomic E-state index is 12.8. The van der Waals surface area contributed by atoms with Crippen LogP contribution in [0.1, 0.15) is 63.5 Å². The molecule has 2 fully saturated rings. The Bertz CT molecular complexity index is 728. The number of hydrogen-bond acceptors (Lipinski definition) is 3. The Morgan fingerprint density at radius 1 is 1.20 bits per heavy atom. The highest BCUT2D eigenvalue weighted by molar-refractivity contribution is 5.81. The number of nitrogens with one attached hydrogen (secondary N) is 2. The number of likely N-dealkylation sites (tertiary alicyclic amines) is 1. The predicted molar refractivity (Wildman–Crippen MR) is 122 cm³/mol. The van der Waals surface area contributed by atoms with Crippen molar-refractivity contribution >= 4 is 11.9 Å². The van der Waals surface area contributed by atoms with Gasteiger partial charge in [0.05, 0.1) is 13.2 Å². The first-order valence-electron chi connectivity index (χ1n) is 11.7. The molecular formula is C24H38N4O2. The average Bonchev–Trinajstić information content (AvgIpc) is 3.22. The van der Waals surface area contributed by atoms with Crippen molar-refractivity contribution in [1.82, 2.24) is 15.5 Å². The van der Waals surface area contributed by atoms with E-state index in [1.165, 1.54) is 19.3 Å². The summed E-state index contributed by atoms with van der Waals surface area (Å²) < 4.78 is 5.62. The van der Waals surface area contributed by atoms with E-state index in [9.17, 15) is 4.79 Å². The molecule has 3 rings (SSSR count). The van der Waals surface area contributed by atoms with Gasteiger partial charge >= 0.3 is 0 Å². The van der Waals surface area contributed by atoms with Crippen LogP contribution in [0, 0.1) is 12.8 Å². The van der Waals surface area contributed by atoms with Crippen LogP contribution in [-0.2, 0) is 11.3 Å². The normalized spacial score (nSPS) is 20.3. The van der Waals surface area contributed by atoms with Crippen LogP contribution >= 0.6 is 0 Å². The molecule has 0 bridgehead atoms. The fraction of sp³-hybridized carbons (Fsp3) is 0.667. The van der Waals surface area contributed by atoms with Crippen molar-refractivity contribution < 1.29 is 9.53 Å². The molecule has 6 heteroatoms. The Kier molecular flexibility index (Phi) is 8.40. The zero-order valence-electron chi connectivity index (χ0n) is 18.9. The lowest BCUT2D eigenvalue weighted by atomic mass is 9.88. The van der Waals surface area contributed by atoms with Crippen LogP contribution in [0.2, 0.25) is 0 Å². The van der Waals surface area contributed by atoms with Crippen molar-refractivity contribution in [3.05, 3.63) is 29.3 Å². The van der Waals surface area contributed by atoms with Crippen LogP contribution in [-0.4, -0.2) is 49.0 Å². The van der Waals surface area contributed by atoms with Crippen molar-refractivity contribution in [2.24, 2.45) is 10.9 Å². The first-order chi connectivity index (χ1) is 14.6. The summed E-state index contributed by atoms with van der Waals surface area (Å²) in [4.78, 5) is 19.7. The molecule has 0 radical (unpaired) electrons. The molecule has 2 aliphatic rings. The van der Waals surface area contributed by atoms with Gasteiger partial charge < -0.3 is 20.3 Å². The van der Waals surface area contributed by atoms with Crippen LogP contribution in [0.25, 0.3) is 0 Å². The average molecular weight is 415 g/mol. The fourth-order valence-electron chi connectivity index (χ4n) is 4.50. The van der Waals surface area contributed by atoms with Crippen molar-refractivity contribution in [2.45, 2.75) is 71.9 Å². The number of aryl methyl sites for hydroxylation is 1. The van der Waals surface area contributed by atoms with Gasteiger partial charge in [0.15, 0.2) is 5.96 Å². The molecule has 1 saturated carbocycles. The van der Waals surface area contributed by atoms with E-state index in [2.05, 4.69) is 41.5 Å². The van der Waals surface area contributed by atoms with Crippen LogP contribution in [0.4, 0.5) is 0 Å². The summed E-state index contributed by atoms with van der Waals surface area (Å²) >= 11 is 0. The largest absolute Gasteiger partial charge is 0.494 e. The second kappa shape index (κ2) is 11.2. The zero-order valence-corrected chi connectivity index (χ0v) is 18.9. The van der Waals surface area contributed by atoms with Crippen LogP contribution in [0.15, 0.2) is 23.2 Å². The third-order valence-corrected chi connectivity index (χ3v) is 6.10. The number of rotatable bonds is 7. The summed E-state index contributed by atoms with van der Waals surface area (Å²) in [5.41, 5.74) is 2.30. The second-order valence-electron chi connectivity index (χ2n) is 8.48. The van der Waals surface area contributed by atoms with E-state index in [1.54, 1.807) is 0 Å². The molecule has 1 atom stereocenters. The highest BCUT2D eigenvalue weighted by atomic mass is 16.5. The minimum absolute atomic E-state index is 0.252. The first-order valence-corrected chi connectivity index (χ1v) is 11.7. The van der Waals surface area contributed by atoms with Crippen LogP contribution in [0.5, 0.6) is 5.75 Å². The van der Waals surface area contributed by atoms with E-state index < -0.39 is 0 Å². The summed E-state index contributed by atoms with van der Waals surface area (Å²) in [6.45, 7) is 9.87. The van der Waals surface area contributed by atoms with E-state index in [-0.39, 0.29) is 12.0 Å². The molecule has 30 heavy (non-hydrogen) atoms. The third-order valence-electron chi connectivity index (χ3n) is 6.10. The Balaban J connectivity index is 1.55. The van der Waals surface area contributed by atoms with Crippen molar-refractivity contribution in [2.75, 3.05) is 26.2 Å². The summed E-state index contributed by atoms with van der Waals surface area (Å²) in [5, 5.41) is 6.89. The monoisotopic (exact) mass is 414 g/mol. The highest BCUT2D eigenvalue weighted by Crippen LogP contribution is 2.27. The number of nitrogens with zero attached hydrogens (tertiary/aromatic N) is 2. The Morgan fingerprint density at radius 3 is 2.70 bits per heavy atom. The van der Waals surface area contributed by atoms with Gasteiger partial charge in [0.1, 0.15) is 5.75 Å². The summed E-state index contributed by atoms with van der Waals surface area (Å²) in [6, 6.07) is 6.50.